The second-order valence-electron chi connectivity index (χ2n) is 6.95. The smallest absolute Gasteiger partial charge is 0.248 e. The molecule has 0 unspecified atom stereocenters. The van der Waals surface area contributed by atoms with Crippen LogP contribution in [0.15, 0.2) is 23.2 Å². The number of carboxylic acid groups (broad SMARTS) is 1. The zero-order valence-electron chi connectivity index (χ0n) is 15.2. The predicted octanol–water partition coefficient (Wildman–Crippen LogP) is 0.825. The maximum atomic E-state index is 12.2. The number of amides is 1. The minimum absolute atomic E-state index is 0.0203. The number of anilines is 1. The molecule has 0 N–H and O–H groups in total. The summed E-state index contributed by atoms with van der Waals surface area (Å²) in [4.78, 5) is 28.7. The number of rotatable bonds is 5. The molecule has 2 aliphatic heterocycles. The van der Waals surface area contributed by atoms with Gasteiger partial charge >= 0.3 is 0 Å². The van der Waals surface area contributed by atoms with Crippen molar-refractivity contribution in [1.82, 2.24) is 0 Å². The quantitative estimate of drug-likeness (QED) is 0.709. The molecule has 9 heteroatoms. The molecule has 3 rings (SSSR count). The summed E-state index contributed by atoms with van der Waals surface area (Å²) in [6.07, 6.45) is 0.00796. The molecule has 0 saturated carbocycles. The van der Waals surface area contributed by atoms with Gasteiger partial charge < -0.3 is 14.8 Å². The summed E-state index contributed by atoms with van der Waals surface area (Å²) in [5.74, 6) is -1.49. The van der Waals surface area contributed by atoms with Gasteiger partial charge in [0, 0.05) is 23.3 Å². The molecule has 0 aromatic heterocycles. The maximum Gasteiger partial charge on any atom is 0.248 e. The van der Waals surface area contributed by atoms with Crippen LogP contribution in [0.5, 0.6) is 0 Å². The first-order chi connectivity index (χ1) is 12.7. The van der Waals surface area contributed by atoms with E-state index in [1.165, 1.54) is 11.8 Å². The van der Waals surface area contributed by atoms with Crippen LogP contribution in [0.1, 0.15) is 30.4 Å². The van der Waals surface area contributed by atoms with Crippen molar-refractivity contribution >= 4 is 44.3 Å². The lowest BCUT2D eigenvalue weighted by atomic mass is 10.1. The van der Waals surface area contributed by atoms with Crippen LogP contribution in [-0.2, 0) is 19.4 Å². The second kappa shape index (κ2) is 7.63. The van der Waals surface area contributed by atoms with Gasteiger partial charge in [-0.1, -0.05) is 17.8 Å². The van der Waals surface area contributed by atoms with E-state index in [1.54, 1.807) is 0 Å². The first kappa shape index (κ1) is 19.9. The van der Waals surface area contributed by atoms with Crippen molar-refractivity contribution in [1.29, 1.82) is 0 Å². The van der Waals surface area contributed by atoms with Gasteiger partial charge in [-0.3, -0.25) is 4.79 Å². The third-order valence-electron chi connectivity index (χ3n) is 4.83. The van der Waals surface area contributed by atoms with Crippen LogP contribution in [0.25, 0.3) is 0 Å². The molecule has 1 aromatic rings. The zero-order valence-corrected chi connectivity index (χ0v) is 16.8. The van der Waals surface area contributed by atoms with E-state index in [-0.39, 0.29) is 42.1 Å². The molecule has 0 aliphatic carbocycles. The van der Waals surface area contributed by atoms with E-state index < -0.39 is 21.7 Å². The van der Waals surface area contributed by atoms with Crippen LogP contribution >= 0.6 is 11.8 Å². The second-order valence-corrected chi connectivity index (χ2v) is 10.3. The van der Waals surface area contributed by atoms with Crippen LogP contribution in [0.4, 0.5) is 5.69 Å². The summed E-state index contributed by atoms with van der Waals surface area (Å²) in [6.45, 7) is 3.98. The number of benzene rings is 1. The largest absolute Gasteiger partial charge is 0.550 e. The molecular weight excluding hydrogens is 388 g/mol. The molecule has 1 aromatic carbocycles. The lowest BCUT2D eigenvalue weighted by Gasteiger charge is -2.25. The van der Waals surface area contributed by atoms with Gasteiger partial charge in [0.05, 0.1) is 17.5 Å². The highest BCUT2D eigenvalue weighted by atomic mass is 32.2. The third kappa shape index (κ3) is 4.52. The highest BCUT2D eigenvalue weighted by Gasteiger charge is 2.49. The lowest BCUT2D eigenvalue weighted by molar-refractivity contribution is -0.305. The molecule has 0 radical (unpaired) electrons. The molecule has 0 bridgehead atoms. The maximum absolute atomic E-state index is 12.2. The number of hydrogen-bond donors (Lipinski definition) is 0. The SMILES string of the molecule is Cc1ccc(N2C(=NC(=O)CCCC(=O)[O-])S[C@@H]3CS(=O)(=O)C[C@H]32)cc1C. The fraction of sp³-hybridized carbons (Fsp3) is 0.500. The number of nitrogens with zero attached hydrogens (tertiary/aromatic N) is 2. The number of aryl methyl sites for hydroxylation is 2. The Balaban J connectivity index is 1.88. The molecule has 2 heterocycles. The van der Waals surface area contributed by atoms with Gasteiger partial charge in [-0.15, -0.1) is 0 Å². The number of aliphatic imine (C=N–C) groups is 1. The fourth-order valence-electron chi connectivity index (χ4n) is 3.29. The van der Waals surface area contributed by atoms with Crippen molar-refractivity contribution < 1.29 is 23.1 Å². The van der Waals surface area contributed by atoms with E-state index in [1.807, 2.05) is 36.9 Å². The first-order valence-electron chi connectivity index (χ1n) is 8.71. The van der Waals surface area contributed by atoms with E-state index in [0.717, 1.165) is 16.8 Å². The van der Waals surface area contributed by atoms with Crippen LogP contribution in [0.3, 0.4) is 0 Å². The third-order valence-corrected chi connectivity index (χ3v) is 8.04. The highest BCUT2D eigenvalue weighted by Crippen LogP contribution is 2.41. The van der Waals surface area contributed by atoms with E-state index in [0.29, 0.717) is 5.17 Å². The average Bonchev–Trinajstić information content (AvgIpc) is 3.00. The Bertz CT molecular complexity index is 910. The number of thioether (sulfide) groups is 1. The van der Waals surface area contributed by atoms with Crippen LogP contribution < -0.4 is 10.0 Å². The van der Waals surface area contributed by atoms with Crippen LogP contribution in [0, 0.1) is 13.8 Å². The van der Waals surface area contributed by atoms with Crippen LogP contribution in [0.2, 0.25) is 0 Å². The molecule has 2 atom stereocenters. The number of aliphatic carboxylic acids is 1. The number of fused-ring (bicyclic) bond motifs is 1. The Kier molecular flexibility index (Phi) is 5.62. The number of hydrogen-bond acceptors (Lipinski definition) is 6. The van der Waals surface area contributed by atoms with Crippen molar-refractivity contribution in [3.63, 3.8) is 0 Å². The van der Waals surface area contributed by atoms with Gasteiger partial charge in [-0.25, -0.2) is 8.42 Å². The summed E-state index contributed by atoms with van der Waals surface area (Å²) >= 11 is 1.31. The van der Waals surface area contributed by atoms with Crippen molar-refractivity contribution in [2.75, 3.05) is 16.4 Å². The molecule has 7 nitrogen and oxygen atoms in total. The number of carbonyl (C=O) groups excluding carboxylic acids is 2. The normalized spacial score (nSPS) is 25.0. The van der Waals surface area contributed by atoms with Crippen LogP contribution in [-0.4, -0.2) is 48.3 Å². The van der Waals surface area contributed by atoms with Crippen molar-refractivity contribution in [2.45, 2.75) is 44.4 Å². The molecule has 0 spiro atoms. The number of carbonyl (C=O) groups is 2. The highest BCUT2D eigenvalue weighted by molar-refractivity contribution is 8.16. The monoisotopic (exact) mass is 409 g/mol. The Morgan fingerprint density at radius 2 is 1.96 bits per heavy atom. The fourth-order valence-corrected chi connectivity index (χ4v) is 7.22. The first-order valence-corrected chi connectivity index (χ1v) is 11.4. The van der Waals surface area contributed by atoms with Gasteiger partial charge in [-0.2, -0.15) is 4.99 Å². The van der Waals surface area contributed by atoms with E-state index >= 15 is 0 Å². The Morgan fingerprint density at radius 1 is 1.22 bits per heavy atom. The van der Waals surface area contributed by atoms with Gasteiger partial charge in [0.15, 0.2) is 15.0 Å². The molecule has 2 fully saturated rings. The molecule has 2 saturated heterocycles. The van der Waals surface area contributed by atoms with Gasteiger partial charge in [0.1, 0.15) is 0 Å². The number of carboxylic acids is 1. The van der Waals surface area contributed by atoms with Gasteiger partial charge in [0.2, 0.25) is 5.91 Å². The topological polar surface area (TPSA) is 107 Å². The number of amidine groups is 1. The zero-order chi connectivity index (χ0) is 19.8. The number of sulfone groups is 1. The minimum Gasteiger partial charge on any atom is -0.550 e. The molecular formula is C18H21N2O5S2-. The van der Waals surface area contributed by atoms with E-state index in [9.17, 15) is 23.1 Å². The predicted molar refractivity (Wildman–Crippen MR) is 104 cm³/mol. The Hall–Kier alpha value is -1.87. The van der Waals surface area contributed by atoms with E-state index in [2.05, 4.69) is 4.99 Å². The minimum atomic E-state index is -3.11. The molecule has 27 heavy (non-hydrogen) atoms. The van der Waals surface area contributed by atoms with Crippen molar-refractivity contribution in [2.24, 2.45) is 4.99 Å². The molecule has 146 valence electrons. The molecule has 1 amide bonds. The summed E-state index contributed by atoms with van der Waals surface area (Å²) in [5.41, 5.74) is 3.01. The summed E-state index contributed by atoms with van der Waals surface area (Å²) < 4.78 is 24.1. The summed E-state index contributed by atoms with van der Waals surface area (Å²) in [7, 11) is -3.11. The lowest BCUT2D eigenvalue weighted by Crippen LogP contribution is -2.37. The Morgan fingerprint density at radius 3 is 2.63 bits per heavy atom. The van der Waals surface area contributed by atoms with Gasteiger partial charge in [0.25, 0.3) is 0 Å². The van der Waals surface area contributed by atoms with Crippen molar-refractivity contribution in [3.05, 3.63) is 29.3 Å². The van der Waals surface area contributed by atoms with Crippen molar-refractivity contribution in [3.8, 4) is 0 Å². The Labute approximate surface area is 162 Å². The summed E-state index contributed by atoms with van der Waals surface area (Å²) in [5, 5.41) is 10.8. The summed E-state index contributed by atoms with van der Waals surface area (Å²) in [6, 6.07) is 5.59. The van der Waals surface area contributed by atoms with E-state index in [4.69, 9.17) is 0 Å². The average molecular weight is 410 g/mol. The molecule has 2 aliphatic rings. The standard InChI is InChI=1S/C18H22N2O5S2/c1-11-6-7-13(8-12(11)2)20-14-9-27(24,25)10-15(14)26-18(20)19-16(21)4-3-5-17(22)23/h6-8,14-15H,3-5,9-10H2,1-2H3,(H,22,23)/p-1/t14-,15-/m1/s1. The van der Waals surface area contributed by atoms with Gasteiger partial charge in [-0.05, 0) is 49.9 Å².